The van der Waals surface area contributed by atoms with Gasteiger partial charge in [0.1, 0.15) is 16.4 Å². The van der Waals surface area contributed by atoms with Crippen LogP contribution >= 0.6 is 0 Å². The molecule has 3 rings (SSSR count). The Morgan fingerprint density at radius 2 is 1.94 bits per heavy atom. The maximum atomic E-state index is 12.8. The number of hydrogen-bond donors (Lipinski definition) is 2. The predicted molar refractivity (Wildman–Crippen MR) is 129 cm³/mol. The van der Waals surface area contributed by atoms with Crippen LogP contribution in [-0.4, -0.2) is 47.0 Å². The highest BCUT2D eigenvalue weighted by molar-refractivity contribution is 7.89. The van der Waals surface area contributed by atoms with Crippen molar-refractivity contribution in [2.75, 3.05) is 26.8 Å². The lowest BCUT2D eigenvalue weighted by molar-refractivity contribution is 0.0979. The van der Waals surface area contributed by atoms with Gasteiger partial charge in [0.15, 0.2) is 5.78 Å². The van der Waals surface area contributed by atoms with Crippen molar-refractivity contribution in [3.63, 3.8) is 0 Å². The summed E-state index contributed by atoms with van der Waals surface area (Å²) in [6, 6.07) is 11.0. The number of hydrogen-bond acceptors (Lipinski definition) is 6. The van der Waals surface area contributed by atoms with E-state index in [2.05, 4.69) is 16.1 Å². The Morgan fingerprint density at radius 1 is 1.15 bits per heavy atom. The molecule has 0 fully saturated rings. The van der Waals surface area contributed by atoms with Gasteiger partial charge in [0.2, 0.25) is 10.0 Å². The number of unbranched alkanes of at least 4 members (excludes halogenated alkanes) is 1. The summed E-state index contributed by atoms with van der Waals surface area (Å²) in [5, 5.41) is 3.41. The van der Waals surface area contributed by atoms with Crippen LogP contribution in [0.2, 0.25) is 0 Å². The van der Waals surface area contributed by atoms with Gasteiger partial charge in [-0.3, -0.25) is 4.79 Å². The molecule has 8 heteroatoms. The highest BCUT2D eigenvalue weighted by atomic mass is 32.2. The zero-order valence-electron chi connectivity index (χ0n) is 19.6. The highest BCUT2D eigenvalue weighted by Crippen LogP contribution is 2.34. The van der Waals surface area contributed by atoms with Crippen molar-refractivity contribution in [3.8, 4) is 11.5 Å². The molecule has 2 aromatic carbocycles. The molecular formula is C25H34N2O5S. The number of ether oxygens (including phenoxy) is 2. The maximum absolute atomic E-state index is 12.8. The van der Waals surface area contributed by atoms with Gasteiger partial charge >= 0.3 is 0 Å². The molecule has 7 nitrogen and oxygen atoms in total. The summed E-state index contributed by atoms with van der Waals surface area (Å²) in [6.45, 7) is 5.61. The highest BCUT2D eigenvalue weighted by Gasteiger charge is 2.28. The van der Waals surface area contributed by atoms with E-state index in [0.717, 1.165) is 43.7 Å². The van der Waals surface area contributed by atoms with Crippen LogP contribution in [0.5, 0.6) is 11.5 Å². The number of carbonyl (C=O) groups is 1. The Balaban J connectivity index is 1.50. The van der Waals surface area contributed by atoms with Gasteiger partial charge in [0.25, 0.3) is 0 Å². The summed E-state index contributed by atoms with van der Waals surface area (Å²) in [5.41, 5.74) is 2.39. The van der Waals surface area contributed by atoms with E-state index >= 15 is 0 Å². The Labute approximate surface area is 196 Å². The molecule has 0 saturated carbocycles. The van der Waals surface area contributed by atoms with Gasteiger partial charge in [-0.1, -0.05) is 18.2 Å². The SMILES string of the molecule is COc1ccccc1CCNCCCCC(=O)c1cc2c(c(S(=O)(=O)NC(C)C)c1)OCC2. The van der Waals surface area contributed by atoms with Crippen LogP contribution in [0.3, 0.4) is 0 Å². The molecule has 0 unspecified atom stereocenters. The van der Waals surface area contributed by atoms with Crippen molar-refractivity contribution in [2.24, 2.45) is 0 Å². The molecule has 180 valence electrons. The van der Waals surface area contributed by atoms with Crippen molar-refractivity contribution >= 4 is 15.8 Å². The smallest absolute Gasteiger partial charge is 0.244 e. The topological polar surface area (TPSA) is 93.7 Å². The van der Waals surface area contributed by atoms with E-state index < -0.39 is 10.0 Å². The van der Waals surface area contributed by atoms with Gasteiger partial charge in [-0.25, -0.2) is 13.1 Å². The molecule has 0 atom stereocenters. The molecule has 2 N–H and O–H groups in total. The molecule has 0 radical (unpaired) electrons. The zero-order valence-corrected chi connectivity index (χ0v) is 20.5. The summed E-state index contributed by atoms with van der Waals surface area (Å²) < 4.78 is 39.0. The van der Waals surface area contributed by atoms with Gasteiger partial charge in [-0.2, -0.15) is 0 Å². The number of benzene rings is 2. The van der Waals surface area contributed by atoms with E-state index in [0.29, 0.717) is 30.8 Å². The first kappa shape index (κ1) is 25.2. The van der Waals surface area contributed by atoms with Crippen LogP contribution in [0.1, 0.15) is 54.6 Å². The number of sulfonamides is 1. The molecule has 0 aromatic heterocycles. The van der Waals surface area contributed by atoms with Crippen molar-refractivity contribution < 1.29 is 22.7 Å². The summed E-state index contributed by atoms with van der Waals surface area (Å²) in [4.78, 5) is 12.9. The second-order valence-corrected chi connectivity index (χ2v) is 10.2. The Hall–Kier alpha value is -2.42. The molecule has 0 bridgehead atoms. The van der Waals surface area contributed by atoms with Gasteiger partial charge in [-0.05, 0) is 75.5 Å². The van der Waals surface area contributed by atoms with Crippen LogP contribution in [-0.2, 0) is 22.9 Å². The number of Topliss-reactive ketones (excluding diaryl/α,β-unsaturated/α-hetero) is 1. The predicted octanol–water partition coefficient (Wildman–Crippen LogP) is 3.50. The van der Waals surface area contributed by atoms with E-state index in [1.165, 1.54) is 11.6 Å². The summed E-state index contributed by atoms with van der Waals surface area (Å²) >= 11 is 0. The quantitative estimate of drug-likeness (QED) is 0.341. The Kier molecular flexibility index (Phi) is 8.88. The van der Waals surface area contributed by atoms with Crippen molar-refractivity contribution in [1.82, 2.24) is 10.0 Å². The fourth-order valence-electron chi connectivity index (χ4n) is 3.94. The first-order chi connectivity index (χ1) is 15.8. The van der Waals surface area contributed by atoms with Crippen LogP contribution in [0.15, 0.2) is 41.3 Å². The molecule has 0 aliphatic carbocycles. The average Bonchev–Trinajstić information content (AvgIpc) is 3.25. The molecule has 0 amide bonds. The third-order valence-electron chi connectivity index (χ3n) is 5.52. The Morgan fingerprint density at radius 3 is 2.70 bits per heavy atom. The molecule has 33 heavy (non-hydrogen) atoms. The van der Waals surface area contributed by atoms with E-state index in [-0.39, 0.29) is 16.7 Å². The fourth-order valence-corrected chi connectivity index (χ4v) is 5.41. The minimum Gasteiger partial charge on any atom is -0.496 e. The van der Waals surface area contributed by atoms with E-state index in [1.54, 1.807) is 27.0 Å². The van der Waals surface area contributed by atoms with Gasteiger partial charge < -0.3 is 14.8 Å². The summed E-state index contributed by atoms with van der Waals surface area (Å²) in [6.07, 6.45) is 3.47. The summed E-state index contributed by atoms with van der Waals surface area (Å²) in [7, 11) is -2.07. The van der Waals surface area contributed by atoms with Crippen LogP contribution in [0, 0.1) is 0 Å². The number of nitrogens with one attached hydrogen (secondary N) is 2. The first-order valence-electron chi connectivity index (χ1n) is 11.5. The van der Waals surface area contributed by atoms with Crippen molar-refractivity contribution in [1.29, 1.82) is 0 Å². The van der Waals surface area contributed by atoms with Crippen molar-refractivity contribution in [2.45, 2.75) is 56.9 Å². The number of rotatable bonds is 13. The van der Waals surface area contributed by atoms with E-state index in [4.69, 9.17) is 9.47 Å². The van der Waals surface area contributed by atoms with Gasteiger partial charge in [-0.15, -0.1) is 0 Å². The molecule has 0 spiro atoms. The monoisotopic (exact) mass is 474 g/mol. The molecule has 2 aromatic rings. The van der Waals surface area contributed by atoms with Crippen LogP contribution in [0.25, 0.3) is 0 Å². The third kappa shape index (κ3) is 6.79. The van der Waals surface area contributed by atoms with Crippen LogP contribution < -0.4 is 19.5 Å². The first-order valence-corrected chi connectivity index (χ1v) is 13.0. The normalized spacial score (nSPS) is 13.1. The number of ketones is 1. The molecule has 1 heterocycles. The molecule has 0 saturated heterocycles. The molecule has 1 aliphatic heterocycles. The second-order valence-electron chi connectivity index (χ2n) is 8.53. The molecular weight excluding hydrogens is 440 g/mol. The minimum atomic E-state index is -3.75. The number of carbonyl (C=O) groups excluding carboxylic acids is 1. The van der Waals surface area contributed by atoms with E-state index in [1.807, 2.05) is 18.2 Å². The van der Waals surface area contributed by atoms with Gasteiger partial charge in [0, 0.05) is 24.4 Å². The summed E-state index contributed by atoms with van der Waals surface area (Å²) in [5.74, 6) is 1.23. The molecule has 1 aliphatic rings. The lowest BCUT2D eigenvalue weighted by Crippen LogP contribution is -2.30. The fraction of sp³-hybridized carbons (Fsp3) is 0.480. The second kappa shape index (κ2) is 11.6. The lowest BCUT2D eigenvalue weighted by Gasteiger charge is -2.14. The van der Waals surface area contributed by atoms with Gasteiger partial charge in [0.05, 0.1) is 13.7 Å². The lowest BCUT2D eigenvalue weighted by atomic mass is 10.0. The van der Waals surface area contributed by atoms with Crippen LogP contribution in [0.4, 0.5) is 0 Å². The van der Waals surface area contributed by atoms with E-state index in [9.17, 15) is 13.2 Å². The average molecular weight is 475 g/mol. The number of para-hydroxylation sites is 1. The third-order valence-corrected chi connectivity index (χ3v) is 7.19. The zero-order chi connectivity index (χ0) is 23.8. The Bertz CT molecular complexity index is 1070. The van der Waals surface area contributed by atoms with Crippen molar-refractivity contribution in [3.05, 3.63) is 53.1 Å². The largest absolute Gasteiger partial charge is 0.496 e. The number of methoxy groups -OCH3 is 1. The standard InChI is InChI=1S/C25H34N2O5S/c1-18(2)27-33(29,30)24-17-21(16-20-12-15-32-25(20)24)22(28)9-6-7-13-26-14-11-19-8-4-5-10-23(19)31-3/h4-5,8,10,16-18,26-27H,6-7,9,11-15H2,1-3H3. The maximum Gasteiger partial charge on any atom is 0.244 e. The number of fused-ring (bicyclic) bond motifs is 1. The minimum absolute atomic E-state index is 0.0419.